The van der Waals surface area contributed by atoms with Crippen molar-refractivity contribution in [2.75, 3.05) is 5.43 Å². The van der Waals surface area contributed by atoms with Gasteiger partial charge in [0.1, 0.15) is 6.07 Å². The average Bonchev–Trinajstić information content (AvgIpc) is 2.75. The van der Waals surface area contributed by atoms with Crippen molar-refractivity contribution in [2.45, 2.75) is 0 Å². The van der Waals surface area contributed by atoms with Crippen molar-refractivity contribution in [1.82, 2.24) is 4.98 Å². The van der Waals surface area contributed by atoms with Crippen molar-refractivity contribution in [1.29, 1.82) is 5.26 Å². The van der Waals surface area contributed by atoms with Gasteiger partial charge in [-0.2, -0.15) is 5.26 Å². The highest BCUT2D eigenvalue weighted by Crippen LogP contribution is 2.29. The maximum absolute atomic E-state index is 8.82. The maximum atomic E-state index is 8.82. The smallest absolute Gasteiger partial charge is 0.158 e. The fourth-order valence-corrected chi connectivity index (χ4v) is 2.64. The lowest BCUT2D eigenvalue weighted by atomic mass is 10.2. The highest BCUT2D eigenvalue weighted by atomic mass is 79.9. The van der Waals surface area contributed by atoms with E-state index in [2.05, 4.69) is 26.3 Å². The molecule has 6 heteroatoms. The number of hydrazine groups is 1. The van der Waals surface area contributed by atoms with E-state index in [0.29, 0.717) is 11.4 Å². The van der Waals surface area contributed by atoms with Crippen LogP contribution in [-0.2, 0) is 0 Å². The van der Waals surface area contributed by atoms with Crippen molar-refractivity contribution >= 4 is 33.1 Å². The van der Waals surface area contributed by atoms with Gasteiger partial charge >= 0.3 is 0 Å². The molecule has 2 aromatic heterocycles. The van der Waals surface area contributed by atoms with E-state index in [1.165, 1.54) is 0 Å². The van der Waals surface area contributed by atoms with Gasteiger partial charge in [0.15, 0.2) is 5.82 Å². The number of thiophene rings is 1. The molecule has 0 atom stereocenters. The molecule has 0 aliphatic carbocycles. The van der Waals surface area contributed by atoms with E-state index in [4.69, 9.17) is 11.1 Å². The fourth-order valence-electron chi connectivity index (χ4n) is 1.24. The van der Waals surface area contributed by atoms with Crippen LogP contribution < -0.4 is 11.3 Å². The third-order valence-electron chi connectivity index (χ3n) is 1.97. The molecule has 80 valence electrons. The summed E-state index contributed by atoms with van der Waals surface area (Å²) in [5, 5.41) is 10.8. The molecule has 0 aromatic carbocycles. The van der Waals surface area contributed by atoms with Crippen LogP contribution in [0.3, 0.4) is 0 Å². The summed E-state index contributed by atoms with van der Waals surface area (Å²) in [4.78, 5) is 5.30. The zero-order chi connectivity index (χ0) is 11.5. The molecule has 0 aliphatic heterocycles. The van der Waals surface area contributed by atoms with Gasteiger partial charge in [-0.25, -0.2) is 10.8 Å². The van der Waals surface area contributed by atoms with E-state index in [-0.39, 0.29) is 0 Å². The molecule has 0 saturated heterocycles. The second-order valence-corrected chi connectivity index (χ2v) is 4.80. The predicted molar refractivity (Wildman–Crippen MR) is 67.8 cm³/mol. The zero-order valence-corrected chi connectivity index (χ0v) is 10.5. The number of nitriles is 1. The lowest BCUT2D eigenvalue weighted by Crippen LogP contribution is -2.10. The molecular weight excluding hydrogens is 288 g/mol. The summed E-state index contributed by atoms with van der Waals surface area (Å²) in [5.74, 6) is 5.70. The topological polar surface area (TPSA) is 74.7 Å². The summed E-state index contributed by atoms with van der Waals surface area (Å²) in [6, 6.07) is 7.49. The predicted octanol–water partition coefficient (Wildman–Crippen LogP) is 2.73. The van der Waals surface area contributed by atoms with E-state index in [1.54, 1.807) is 23.5 Å². The van der Waals surface area contributed by atoms with Crippen LogP contribution in [0, 0.1) is 11.3 Å². The highest BCUT2D eigenvalue weighted by Gasteiger charge is 2.07. The van der Waals surface area contributed by atoms with E-state index >= 15 is 0 Å². The van der Waals surface area contributed by atoms with Crippen LogP contribution in [0.25, 0.3) is 10.6 Å². The summed E-state index contributed by atoms with van der Waals surface area (Å²) < 4.78 is 1.01. The molecule has 2 heterocycles. The number of halogens is 1. The Labute approximate surface area is 105 Å². The summed E-state index contributed by atoms with van der Waals surface area (Å²) in [6.45, 7) is 0. The van der Waals surface area contributed by atoms with Gasteiger partial charge in [-0.1, -0.05) is 0 Å². The van der Waals surface area contributed by atoms with Crippen LogP contribution >= 0.6 is 27.3 Å². The van der Waals surface area contributed by atoms with Crippen LogP contribution in [0.1, 0.15) is 5.56 Å². The first-order valence-electron chi connectivity index (χ1n) is 4.37. The van der Waals surface area contributed by atoms with Gasteiger partial charge in [-0.05, 0) is 34.1 Å². The van der Waals surface area contributed by atoms with Gasteiger partial charge in [0, 0.05) is 9.85 Å². The molecule has 2 rings (SSSR count). The summed E-state index contributed by atoms with van der Waals surface area (Å²) in [6.07, 6.45) is 0. The minimum absolute atomic E-state index is 0.393. The van der Waals surface area contributed by atoms with Crippen LogP contribution in [0.4, 0.5) is 5.82 Å². The zero-order valence-electron chi connectivity index (χ0n) is 8.07. The number of nitrogens with one attached hydrogen (secondary N) is 1. The van der Waals surface area contributed by atoms with Crippen LogP contribution in [0.15, 0.2) is 28.1 Å². The quantitative estimate of drug-likeness (QED) is 0.660. The Hall–Kier alpha value is -1.42. The van der Waals surface area contributed by atoms with Crippen molar-refractivity contribution in [3.63, 3.8) is 0 Å². The molecule has 0 fully saturated rings. The Balaban J connectivity index is 2.48. The number of aromatic nitrogens is 1. The summed E-state index contributed by atoms with van der Waals surface area (Å²) in [7, 11) is 0. The molecule has 2 aromatic rings. The van der Waals surface area contributed by atoms with Gasteiger partial charge < -0.3 is 5.43 Å². The Kier molecular flexibility index (Phi) is 3.19. The van der Waals surface area contributed by atoms with Crippen molar-refractivity contribution < 1.29 is 0 Å². The highest BCUT2D eigenvalue weighted by molar-refractivity contribution is 9.10. The van der Waals surface area contributed by atoms with Crippen molar-refractivity contribution in [3.8, 4) is 16.6 Å². The van der Waals surface area contributed by atoms with E-state index in [9.17, 15) is 0 Å². The molecule has 3 N–H and O–H groups in total. The number of hydrogen-bond acceptors (Lipinski definition) is 5. The number of hydrogen-bond donors (Lipinski definition) is 2. The number of anilines is 1. The molecule has 0 aliphatic rings. The van der Waals surface area contributed by atoms with Gasteiger partial charge in [0.2, 0.25) is 0 Å². The molecule has 4 nitrogen and oxygen atoms in total. The molecule has 0 spiro atoms. The van der Waals surface area contributed by atoms with Gasteiger partial charge in [-0.15, -0.1) is 11.3 Å². The standard InChI is InChI=1S/C10H7BrN4S/c11-7-3-9(16-5-7)8-2-1-6(4-12)10(14-8)15-13/h1-3,5H,13H2,(H,14,15). The van der Waals surface area contributed by atoms with E-state index in [1.807, 2.05) is 17.5 Å². The number of nitrogens with two attached hydrogens (primary N) is 1. The molecule has 0 bridgehead atoms. The first-order valence-corrected chi connectivity index (χ1v) is 6.04. The Bertz CT molecular complexity index is 558. The maximum Gasteiger partial charge on any atom is 0.158 e. The number of nitrogen functional groups attached to an aromatic ring is 1. The first kappa shape index (κ1) is 11.1. The van der Waals surface area contributed by atoms with Crippen molar-refractivity contribution in [3.05, 3.63) is 33.6 Å². The summed E-state index contributed by atoms with van der Waals surface area (Å²) >= 11 is 4.96. The van der Waals surface area contributed by atoms with Crippen LogP contribution in [0.5, 0.6) is 0 Å². The van der Waals surface area contributed by atoms with Crippen LogP contribution in [0.2, 0.25) is 0 Å². The minimum Gasteiger partial charge on any atom is -0.307 e. The van der Waals surface area contributed by atoms with E-state index in [0.717, 1.165) is 15.0 Å². The number of rotatable bonds is 2. The SMILES string of the molecule is N#Cc1ccc(-c2cc(Br)cs2)nc1NN. The van der Waals surface area contributed by atoms with Crippen molar-refractivity contribution in [2.24, 2.45) is 5.84 Å². The minimum atomic E-state index is 0.393. The largest absolute Gasteiger partial charge is 0.307 e. The summed E-state index contributed by atoms with van der Waals surface area (Å²) in [5.41, 5.74) is 3.65. The second kappa shape index (κ2) is 4.61. The normalized spacial score (nSPS) is 9.81. The Morgan fingerprint density at radius 2 is 2.31 bits per heavy atom. The molecule has 0 amide bonds. The molecule has 16 heavy (non-hydrogen) atoms. The van der Waals surface area contributed by atoms with Gasteiger partial charge in [-0.3, -0.25) is 0 Å². The fraction of sp³-hybridized carbons (Fsp3) is 0. The van der Waals surface area contributed by atoms with Gasteiger partial charge in [0.05, 0.1) is 16.1 Å². The number of nitrogens with zero attached hydrogens (tertiary/aromatic N) is 2. The molecule has 0 saturated carbocycles. The molecule has 0 radical (unpaired) electrons. The third-order valence-corrected chi connectivity index (χ3v) is 3.69. The van der Waals surface area contributed by atoms with E-state index < -0.39 is 0 Å². The Morgan fingerprint density at radius 1 is 1.50 bits per heavy atom. The average molecular weight is 295 g/mol. The molecule has 0 unspecified atom stereocenters. The lowest BCUT2D eigenvalue weighted by Gasteiger charge is -2.03. The lowest BCUT2D eigenvalue weighted by molar-refractivity contribution is 1.22. The number of pyridine rings is 1. The Morgan fingerprint density at radius 3 is 2.88 bits per heavy atom. The first-order chi connectivity index (χ1) is 7.74. The molecular formula is C10H7BrN4S. The monoisotopic (exact) mass is 294 g/mol. The van der Waals surface area contributed by atoms with Gasteiger partial charge in [0.25, 0.3) is 0 Å². The van der Waals surface area contributed by atoms with Crippen LogP contribution in [-0.4, -0.2) is 4.98 Å². The third kappa shape index (κ3) is 2.07. The second-order valence-electron chi connectivity index (χ2n) is 2.98.